The quantitative estimate of drug-likeness (QED) is 0.841. The molecular weight excluding hydrogens is 346 g/mol. The molecule has 2 N–H and O–H groups in total. The monoisotopic (exact) mass is 369 g/mol. The fourth-order valence-electron chi connectivity index (χ4n) is 2.90. The number of likely N-dealkylation sites (tertiary alicyclic amines) is 1. The lowest BCUT2D eigenvalue weighted by molar-refractivity contribution is 0.0856. The number of rotatable bonds is 5. The number of amides is 2. The molecule has 0 aliphatic carbocycles. The third-order valence-electron chi connectivity index (χ3n) is 4.27. The summed E-state index contributed by atoms with van der Waals surface area (Å²) in [5.41, 5.74) is 1.14. The summed E-state index contributed by atoms with van der Waals surface area (Å²) in [7, 11) is 0. The van der Waals surface area contributed by atoms with Crippen LogP contribution in [-0.2, 0) is 4.74 Å². The number of anilines is 2. The van der Waals surface area contributed by atoms with Gasteiger partial charge in [-0.05, 0) is 44.0 Å². The van der Waals surface area contributed by atoms with Crippen LogP contribution in [0, 0.1) is 0 Å². The molecule has 0 atom stereocenters. The predicted octanol–water partition coefficient (Wildman–Crippen LogP) is 2.57. The number of piperidine rings is 1. The summed E-state index contributed by atoms with van der Waals surface area (Å²) < 4.78 is 5.01. The van der Waals surface area contributed by atoms with Crippen molar-refractivity contribution in [1.29, 1.82) is 0 Å². The van der Waals surface area contributed by atoms with Gasteiger partial charge in [0.15, 0.2) is 0 Å². The number of pyridine rings is 2. The average molecular weight is 369 g/mol. The minimum Gasteiger partial charge on any atom is -0.450 e. The van der Waals surface area contributed by atoms with Crippen LogP contribution in [0.25, 0.3) is 0 Å². The smallest absolute Gasteiger partial charge is 0.409 e. The van der Waals surface area contributed by atoms with Crippen molar-refractivity contribution in [3.63, 3.8) is 0 Å². The Kier molecular flexibility index (Phi) is 6.19. The number of carbonyl (C=O) groups is 2. The Bertz CT molecular complexity index is 776. The molecule has 1 aliphatic heterocycles. The van der Waals surface area contributed by atoms with Crippen molar-refractivity contribution in [3.8, 4) is 0 Å². The van der Waals surface area contributed by atoms with Gasteiger partial charge in [-0.2, -0.15) is 0 Å². The van der Waals surface area contributed by atoms with E-state index >= 15 is 0 Å². The molecule has 8 heteroatoms. The molecule has 27 heavy (non-hydrogen) atoms. The zero-order valence-electron chi connectivity index (χ0n) is 15.2. The maximum atomic E-state index is 12.5. The summed E-state index contributed by atoms with van der Waals surface area (Å²) in [4.78, 5) is 34.3. The predicted molar refractivity (Wildman–Crippen MR) is 101 cm³/mol. The number of carbonyl (C=O) groups excluding carboxylic acids is 2. The molecule has 142 valence electrons. The van der Waals surface area contributed by atoms with E-state index in [0.29, 0.717) is 44.0 Å². The normalized spacial score (nSPS) is 14.5. The summed E-state index contributed by atoms with van der Waals surface area (Å²) in [6, 6.07) is 8.96. The topological polar surface area (TPSA) is 96.5 Å². The Labute approximate surface area is 158 Å². The minimum atomic E-state index is -0.293. The SMILES string of the molecule is CCOC(=O)N1CCC(NC(=O)c2cccc(Nc3cccnc3)n2)CC1. The van der Waals surface area contributed by atoms with Gasteiger partial charge in [0.25, 0.3) is 5.91 Å². The minimum absolute atomic E-state index is 0.0138. The Morgan fingerprint density at radius 3 is 2.74 bits per heavy atom. The van der Waals surface area contributed by atoms with Crippen LogP contribution in [0.5, 0.6) is 0 Å². The van der Waals surface area contributed by atoms with Gasteiger partial charge in [0.1, 0.15) is 11.5 Å². The van der Waals surface area contributed by atoms with Crippen molar-refractivity contribution in [2.45, 2.75) is 25.8 Å². The first kappa shape index (κ1) is 18.6. The van der Waals surface area contributed by atoms with Crippen molar-refractivity contribution in [2.75, 3.05) is 25.0 Å². The Balaban J connectivity index is 1.54. The molecule has 0 unspecified atom stereocenters. The second-order valence-electron chi connectivity index (χ2n) is 6.21. The molecule has 1 saturated heterocycles. The molecule has 1 fully saturated rings. The number of hydrogen-bond acceptors (Lipinski definition) is 6. The summed E-state index contributed by atoms with van der Waals surface area (Å²) >= 11 is 0. The largest absolute Gasteiger partial charge is 0.450 e. The molecule has 2 amide bonds. The first-order valence-corrected chi connectivity index (χ1v) is 9.02. The van der Waals surface area contributed by atoms with E-state index in [1.807, 2.05) is 12.1 Å². The van der Waals surface area contributed by atoms with E-state index in [4.69, 9.17) is 4.74 Å². The van der Waals surface area contributed by atoms with Gasteiger partial charge in [-0.25, -0.2) is 9.78 Å². The molecule has 2 aromatic rings. The fourth-order valence-corrected chi connectivity index (χ4v) is 2.90. The number of ether oxygens (including phenoxy) is 1. The first-order valence-electron chi connectivity index (χ1n) is 9.02. The number of nitrogens with zero attached hydrogens (tertiary/aromatic N) is 3. The van der Waals surface area contributed by atoms with Gasteiger partial charge in [0.05, 0.1) is 18.5 Å². The van der Waals surface area contributed by atoms with Crippen molar-refractivity contribution in [1.82, 2.24) is 20.2 Å². The van der Waals surface area contributed by atoms with E-state index in [-0.39, 0.29) is 18.0 Å². The van der Waals surface area contributed by atoms with Crippen LogP contribution in [0.15, 0.2) is 42.7 Å². The van der Waals surface area contributed by atoms with Crippen molar-refractivity contribution >= 4 is 23.5 Å². The van der Waals surface area contributed by atoms with E-state index in [1.54, 1.807) is 42.4 Å². The molecule has 0 bridgehead atoms. The Hall–Kier alpha value is -3.16. The zero-order chi connectivity index (χ0) is 19.1. The van der Waals surface area contributed by atoms with Crippen LogP contribution in [0.3, 0.4) is 0 Å². The molecule has 0 saturated carbocycles. The highest BCUT2D eigenvalue weighted by atomic mass is 16.6. The van der Waals surface area contributed by atoms with Crippen LogP contribution >= 0.6 is 0 Å². The van der Waals surface area contributed by atoms with E-state index in [0.717, 1.165) is 5.69 Å². The van der Waals surface area contributed by atoms with Gasteiger partial charge in [0, 0.05) is 25.3 Å². The van der Waals surface area contributed by atoms with Gasteiger partial charge in [0.2, 0.25) is 0 Å². The van der Waals surface area contributed by atoms with Gasteiger partial charge >= 0.3 is 6.09 Å². The van der Waals surface area contributed by atoms with Crippen molar-refractivity contribution in [2.24, 2.45) is 0 Å². The first-order chi connectivity index (χ1) is 13.2. The summed E-state index contributed by atoms with van der Waals surface area (Å²) in [5, 5.41) is 6.12. The highest BCUT2D eigenvalue weighted by Crippen LogP contribution is 2.15. The number of aromatic nitrogens is 2. The molecule has 3 rings (SSSR count). The lowest BCUT2D eigenvalue weighted by Gasteiger charge is -2.31. The third kappa shape index (κ3) is 5.16. The maximum absolute atomic E-state index is 12.5. The summed E-state index contributed by atoms with van der Waals surface area (Å²) in [6.07, 6.45) is 4.47. The van der Waals surface area contributed by atoms with Crippen LogP contribution < -0.4 is 10.6 Å². The molecule has 3 heterocycles. The van der Waals surface area contributed by atoms with Crippen LogP contribution in [-0.4, -0.2) is 52.6 Å². The second kappa shape index (κ2) is 8.98. The lowest BCUT2D eigenvalue weighted by atomic mass is 10.1. The number of hydrogen-bond donors (Lipinski definition) is 2. The molecule has 0 aromatic carbocycles. The van der Waals surface area contributed by atoms with E-state index in [9.17, 15) is 9.59 Å². The summed E-state index contributed by atoms with van der Waals surface area (Å²) in [6.45, 7) is 3.29. The van der Waals surface area contributed by atoms with Gasteiger partial charge in [-0.15, -0.1) is 0 Å². The Morgan fingerprint density at radius 1 is 1.22 bits per heavy atom. The fraction of sp³-hybridized carbons (Fsp3) is 0.368. The lowest BCUT2D eigenvalue weighted by Crippen LogP contribution is -2.46. The van der Waals surface area contributed by atoms with Gasteiger partial charge in [-0.1, -0.05) is 6.07 Å². The van der Waals surface area contributed by atoms with Gasteiger partial charge < -0.3 is 20.3 Å². The summed E-state index contributed by atoms with van der Waals surface area (Å²) in [5.74, 6) is 0.354. The molecule has 1 aliphatic rings. The Morgan fingerprint density at radius 2 is 2.04 bits per heavy atom. The van der Waals surface area contributed by atoms with E-state index in [2.05, 4.69) is 20.6 Å². The highest BCUT2D eigenvalue weighted by Gasteiger charge is 2.25. The highest BCUT2D eigenvalue weighted by molar-refractivity contribution is 5.93. The maximum Gasteiger partial charge on any atom is 0.409 e. The van der Waals surface area contributed by atoms with Crippen LogP contribution in [0.2, 0.25) is 0 Å². The molecule has 0 radical (unpaired) electrons. The van der Waals surface area contributed by atoms with E-state index < -0.39 is 0 Å². The average Bonchev–Trinajstić information content (AvgIpc) is 2.70. The van der Waals surface area contributed by atoms with Gasteiger partial charge in [-0.3, -0.25) is 9.78 Å². The van der Waals surface area contributed by atoms with Crippen molar-refractivity contribution in [3.05, 3.63) is 48.4 Å². The standard InChI is InChI=1S/C19H23N5O3/c1-2-27-19(26)24-11-8-14(9-12-24)22-18(25)16-6-3-7-17(23-16)21-15-5-4-10-20-13-15/h3-7,10,13-14H,2,8-9,11-12H2,1H3,(H,21,23)(H,22,25). The van der Waals surface area contributed by atoms with Crippen molar-refractivity contribution < 1.29 is 14.3 Å². The molecular formula is C19H23N5O3. The molecule has 0 spiro atoms. The number of nitrogens with one attached hydrogen (secondary N) is 2. The second-order valence-corrected chi connectivity index (χ2v) is 6.21. The molecule has 2 aromatic heterocycles. The van der Waals surface area contributed by atoms with Crippen LogP contribution in [0.4, 0.5) is 16.3 Å². The third-order valence-corrected chi connectivity index (χ3v) is 4.27. The van der Waals surface area contributed by atoms with Crippen LogP contribution in [0.1, 0.15) is 30.3 Å². The van der Waals surface area contributed by atoms with E-state index in [1.165, 1.54) is 0 Å². The molecule has 8 nitrogen and oxygen atoms in total. The zero-order valence-corrected chi connectivity index (χ0v) is 15.2.